The van der Waals surface area contributed by atoms with Crippen LogP contribution in [-0.2, 0) is 14.4 Å². The molecule has 0 aromatic rings. The Kier molecular flexibility index (Phi) is 8.53. The minimum Gasteiger partial charge on any atom is -0.480 e. The van der Waals surface area contributed by atoms with Gasteiger partial charge in [0.2, 0.25) is 11.8 Å². The lowest BCUT2D eigenvalue weighted by Crippen LogP contribution is -2.48. The zero-order chi connectivity index (χ0) is 15.7. The molecule has 1 saturated heterocycles. The molecule has 0 bridgehead atoms. The number of carboxylic acids is 1. The molecule has 0 aromatic carbocycles. The predicted molar refractivity (Wildman–Crippen MR) is 70.4 cm³/mol. The van der Waals surface area contributed by atoms with Crippen LogP contribution in [0.3, 0.4) is 0 Å². The minimum atomic E-state index is -1.02. The molecule has 1 aliphatic rings. The molecule has 0 aliphatic carbocycles. The number of carbonyl (C=O) groups excluding carboxylic acids is 2. The van der Waals surface area contributed by atoms with Gasteiger partial charge in [-0.3, -0.25) is 9.59 Å². The number of rotatable bonds is 5. The van der Waals surface area contributed by atoms with Crippen LogP contribution in [0.25, 0.3) is 0 Å². The van der Waals surface area contributed by atoms with E-state index in [1.54, 1.807) is 0 Å². The number of amides is 2. The highest BCUT2D eigenvalue weighted by Gasteiger charge is 2.35. The van der Waals surface area contributed by atoms with Crippen molar-refractivity contribution in [1.29, 1.82) is 0 Å². The van der Waals surface area contributed by atoms with Gasteiger partial charge in [-0.15, -0.1) is 0 Å². The number of carbonyl (C=O) groups is 3. The molecule has 7 N–H and O–H groups in total. The molecule has 2 atom stereocenters. The summed E-state index contributed by atoms with van der Waals surface area (Å²) in [4.78, 5) is 34.6. The third-order valence-corrected chi connectivity index (χ3v) is 2.84. The predicted octanol–water partition coefficient (Wildman–Crippen LogP) is -3.11. The number of hydrogen-bond donors (Lipinski definition) is 5. The highest BCUT2D eigenvalue weighted by atomic mass is 16.4. The fourth-order valence-electron chi connectivity index (χ4n) is 1.92. The fourth-order valence-corrected chi connectivity index (χ4v) is 1.92. The van der Waals surface area contributed by atoms with E-state index in [1.807, 2.05) is 0 Å². The smallest absolute Gasteiger partial charge is 0.432 e. The molecule has 20 heavy (non-hydrogen) atoms. The van der Waals surface area contributed by atoms with E-state index in [2.05, 4.69) is 0 Å². The van der Waals surface area contributed by atoms with Crippen molar-refractivity contribution >= 4 is 25.5 Å². The molecule has 1 fully saturated rings. The Labute approximate surface area is 116 Å². The van der Waals surface area contributed by atoms with Gasteiger partial charge in [0.1, 0.15) is 6.04 Å². The van der Waals surface area contributed by atoms with Crippen LogP contribution in [0.1, 0.15) is 25.7 Å². The summed E-state index contributed by atoms with van der Waals surface area (Å²) in [5.74, 6) is -1.96. The molecule has 1 aliphatic heterocycles. The van der Waals surface area contributed by atoms with E-state index in [1.165, 1.54) is 4.90 Å². The maximum Gasteiger partial charge on any atom is 0.432 e. The third-order valence-electron chi connectivity index (χ3n) is 2.84. The van der Waals surface area contributed by atoms with Gasteiger partial charge >= 0.3 is 13.7 Å². The second kappa shape index (κ2) is 9.29. The number of likely N-dealkylation sites (tertiary alicyclic amines) is 1. The van der Waals surface area contributed by atoms with Crippen molar-refractivity contribution in [2.75, 3.05) is 6.54 Å². The second-order valence-electron chi connectivity index (χ2n) is 4.28. The van der Waals surface area contributed by atoms with Gasteiger partial charge in [0.15, 0.2) is 0 Å². The molecule has 114 valence electrons. The van der Waals surface area contributed by atoms with Gasteiger partial charge in [0.25, 0.3) is 0 Å². The van der Waals surface area contributed by atoms with E-state index >= 15 is 0 Å². The zero-order valence-corrected chi connectivity index (χ0v) is 11.1. The first-order chi connectivity index (χ1) is 9.34. The summed E-state index contributed by atoms with van der Waals surface area (Å²) in [7, 11) is -0.750. The topological polar surface area (TPSA) is 167 Å². The standard InChI is InChI=1S/C10H17N3O4.BH3O2/c11-6(3-4-8(12)14)9(15)13-5-1-2-7(13)10(16)17;2-1-3/h6-7H,1-5,11H2,(H2,12,14)(H,16,17);1-3H/t6-,7-;/m0./s1. The van der Waals surface area contributed by atoms with Crippen LogP contribution in [0.15, 0.2) is 0 Å². The van der Waals surface area contributed by atoms with Crippen LogP contribution in [0, 0.1) is 0 Å². The number of hydrogen-bond acceptors (Lipinski definition) is 6. The fraction of sp³-hybridized carbons (Fsp3) is 0.700. The summed E-state index contributed by atoms with van der Waals surface area (Å²) < 4.78 is 0. The van der Waals surface area contributed by atoms with Crippen LogP contribution in [0.4, 0.5) is 0 Å². The summed E-state index contributed by atoms with van der Waals surface area (Å²) in [6, 6.07) is -1.65. The molecule has 1 rings (SSSR count). The van der Waals surface area contributed by atoms with Gasteiger partial charge in [-0.2, -0.15) is 0 Å². The third kappa shape index (κ3) is 6.00. The summed E-state index contributed by atoms with van der Waals surface area (Å²) in [5, 5.41) is 23.2. The van der Waals surface area contributed by atoms with Crippen LogP contribution in [0.2, 0.25) is 0 Å². The number of nitrogens with zero attached hydrogens (tertiary/aromatic N) is 1. The monoisotopic (exact) mass is 289 g/mol. The Bertz CT molecular complexity index is 354. The van der Waals surface area contributed by atoms with Crippen molar-refractivity contribution in [3.63, 3.8) is 0 Å². The van der Waals surface area contributed by atoms with Crippen LogP contribution in [-0.4, -0.2) is 64.2 Å². The maximum atomic E-state index is 11.9. The summed E-state index contributed by atoms with van der Waals surface area (Å²) in [6.45, 7) is 0.403. The van der Waals surface area contributed by atoms with Crippen molar-refractivity contribution in [1.82, 2.24) is 4.90 Å². The van der Waals surface area contributed by atoms with Crippen LogP contribution < -0.4 is 11.5 Å². The van der Waals surface area contributed by atoms with Crippen LogP contribution >= 0.6 is 0 Å². The lowest BCUT2D eigenvalue weighted by Gasteiger charge is -2.24. The van der Waals surface area contributed by atoms with E-state index in [9.17, 15) is 14.4 Å². The SMILES string of the molecule is NC(=O)CC[C@H](N)C(=O)N1CCC[C@H]1C(=O)O.OBO. The van der Waals surface area contributed by atoms with Crippen LogP contribution in [0.5, 0.6) is 0 Å². The zero-order valence-electron chi connectivity index (χ0n) is 11.1. The Hall–Kier alpha value is -1.65. The van der Waals surface area contributed by atoms with E-state index < -0.39 is 37.6 Å². The lowest BCUT2D eigenvalue weighted by atomic mass is 10.1. The van der Waals surface area contributed by atoms with Gasteiger partial charge in [-0.1, -0.05) is 0 Å². The van der Waals surface area contributed by atoms with Crippen molar-refractivity contribution in [2.45, 2.75) is 37.8 Å². The van der Waals surface area contributed by atoms with Crippen molar-refractivity contribution < 1.29 is 29.5 Å². The first-order valence-corrected chi connectivity index (χ1v) is 6.14. The molecule has 0 spiro atoms. The molecule has 0 aromatic heterocycles. The highest BCUT2D eigenvalue weighted by molar-refractivity contribution is 6.13. The van der Waals surface area contributed by atoms with Crippen molar-refractivity contribution in [3.8, 4) is 0 Å². The Morgan fingerprint density at radius 3 is 2.35 bits per heavy atom. The van der Waals surface area contributed by atoms with E-state index in [4.69, 9.17) is 26.6 Å². The molecular weight excluding hydrogens is 269 g/mol. The second-order valence-corrected chi connectivity index (χ2v) is 4.28. The van der Waals surface area contributed by atoms with E-state index in [0.717, 1.165) is 0 Å². The average Bonchev–Trinajstić information content (AvgIpc) is 2.85. The highest BCUT2D eigenvalue weighted by Crippen LogP contribution is 2.18. The van der Waals surface area contributed by atoms with Gasteiger partial charge in [-0.25, -0.2) is 4.79 Å². The first-order valence-electron chi connectivity index (χ1n) is 6.14. The lowest BCUT2D eigenvalue weighted by molar-refractivity contribution is -0.148. The van der Waals surface area contributed by atoms with Crippen molar-refractivity contribution in [3.05, 3.63) is 0 Å². The van der Waals surface area contributed by atoms with Gasteiger partial charge in [0.05, 0.1) is 6.04 Å². The number of carboxylic acid groups (broad SMARTS) is 1. The number of nitrogens with two attached hydrogens (primary N) is 2. The molecule has 10 heteroatoms. The largest absolute Gasteiger partial charge is 0.480 e. The summed E-state index contributed by atoms with van der Waals surface area (Å²) >= 11 is 0. The molecule has 0 saturated carbocycles. The molecule has 0 unspecified atom stereocenters. The minimum absolute atomic E-state index is 0.0263. The molecular formula is C10H20BN3O6. The Morgan fingerprint density at radius 1 is 1.35 bits per heavy atom. The maximum absolute atomic E-state index is 11.9. The quantitative estimate of drug-likeness (QED) is 0.334. The Morgan fingerprint density at radius 2 is 1.90 bits per heavy atom. The van der Waals surface area contributed by atoms with Gasteiger partial charge in [-0.05, 0) is 19.3 Å². The molecule has 1 heterocycles. The normalized spacial score (nSPS) is 18.8. The Balaban J connectivity index is 0.00000110. The number of aliphatic carboxylic acids is 1. The van der Waals surface area contributed by atoms with Crippen molar-refractivity contribution in [2.24, 2.45) is 11.5 Å². The molecule has 2 amide bonds. The number of primary amides is 1. The molecule has 0 radical (unpaired) electrons. The molecule has 9 nitrogen and oxygen atoms in total. The summed E-state index contributed by atoms with van der Waals surface area (Å²) in [5.41, 5.74) is 10.6. The average molecular weight is 289 g/mol. The van der Waals surface area contributed by atoms with E-state index in [-0.39, 0.29) is 12.8 Å². The van der Waals surface area contributed by atoms with Gasteiger partial charge in [0, 0.05) is 13.0 Å². The summed E-state index contributed by atoms with van der Waals surface area (Å²) in [6.07, 6.45) is 1.28. The van der Waals surface area contributed by atoms with Gasteiger partial charge < -0.3 is 31.5 Å². The van der Waals surface area contributed by atoms with E-state index in [0.29, 0.717) is 19.4 Å². The first kappa shape index (κ1) is 18.4.